The van der Waals surface area contributed by atoms with E-state index in [1.807, 2.05) is 6.07 Å². The van der Waals surface area contributed by atoms with Gasteiger partial charge in [0.15, 0.2) is 15.8 Å². The summed E-state index contributed by atoms with van der Waals surface area (Å²) in [7, 11) is -1.93. The first-order valence-electron chi connectivity index (χ1n) is 9.12. The standard InChI is InChI=1S/C19H24FN5O4S.HI/c1-21-19(23-9-8-14-4-3-5-15(20)12-14)24-11-10-22-17-7-6-16(30(2,28)29)13-18(17)25(26)27;/h3-7,12-13,22H,8-11H2,1-2H3,(H2,21,23,24);1H. The van der Waals surface area contributed by atoms with Crippen LogP contribution in [0.2, 0.25) is 0 Å². The van der Waals surface area contributed by atoms with E-state index in [0.29, 0.717) is 32.0 Å². The summed E-state index contributed by atoms with van der Waals surface area (Å²) in [6, 6.07) is 10.1. The minimum Gasteiger partial charge on any atom is -0.378 e. The Morgan fingerprint density at radius 1 is 1.13 bits per heavy atom. The number of hydrogen-bond donors (Lipinski definition) is 3. The smallest absolute Gasteiger partial charge is 0.293 e. The van der Waals surface area contributed by atoms with Crippen LogP contribution in [-0.4, -0.2) is 52.2 Å². The van der Waals surface area contributed by atoms with Crippen LogP contribution >= 0.6 is 24.0 Å². The molecule has 9 nitrogen and oxygen atoms in total. The van der Waals surface area contributed by atoms with Gasteiger partial charge in [0.05, 0.1) is 9.82 Å². The van der Waals surface area contributed by atoms with Gasteiger partial charge in [0.1, 0.15) is 11.5 Å². The predicted molar refractivity (Wildman–Crippen MR) is 130 cm³/mol. The second kappa shape index (κ2) is 12.4. The summed E-state index contributed by atoms with van der Waals surface area (Å²) in [6.45, 7) is 1.29. The number of guanidine groups is 1. The van der Waals surface area contributed by atoms with Crippen LogP contribution in [-0.2, 0) is 16.3 Å². The minimum absolute atomic E-state index is 0. The summed E-state index contributed by atoms with van der Waals surface area (Å²) in [6.07, 6.45) is 1.62. The first kappa shape index (κ1) is 26.6. The maximum Gasteiger partial charge on any atom is 0.293 e. The molecule has 2 aromatic rings. The number of halogens is 2. The summed E-state index contributed by atoms with van der Waals surface area (Å²) >= 11 is 0. The van der Waals surface area contributed by atoms with Crippen molar-refractivity contribution in [3.8, 4) is 0 Å². The van der Waals surface area contributed by atoms with Crippen molar-refractivity contribution in [1.29, 1.82) is 0 Å². The highest BCUT2D eigenvalue weighted by molar-refractivity contribution is 14.0. The van der Waals surface area contributed by atoms with E-state index in [0.717, 1.165) is 17.9 Å². The van der Waals surface area contributed by atoms with E-state index in [1.165, 1.54) is 24.3 Å². The lowest BCUT2D eigenvalue weighted by Crippen LogP contribution is -2.40. The van der Waals surface area contributed by atoms with E-state index in [9.17, 15) is 22.9 Å². The van der Waals surface area contributed by atoms with Gasteiger partial charge >= 0.3 is 0 Å². The minimum atomic E-state index is -3.54. The van der Waals surface area contributed by atoms with Crippen molar-refractivity contribution in [2.45, 2.75) is 11.3 Å². The number of sulfone groups is 1. The molecule has 0 unspecified atom stereocenters. The molecule has 0 fully saturated rings. The Hall–Kier alpha value is -2.48. The third-order valence-electron chi connectivity index (χ3n) is 4.15. The highest BCUT2D eigenvalue weighted by Crippen LogP contribution is 2.27. The number of hydrogen-bond acceptors (Lipinski definition) is 6. The summed E-state index contributed by atoms with van der Waals surface area (Å²) in [5, 5.41) is 20.3. The number of benzene rings is 2. The Bertz CT molecular complexity index is 1030. The van der Waals surface area contributed by atoms with Crippen LogP contribution in [0.1, 0.15) is 5.56 Å². The largest absolute Gasteiger partial charge is 0.378 e. The molecule has 31 heavy (non-hydrogen) atoms. The zero-order chi connectivity index (χ0) is 22.1. The van der Waals surface area contributed by atoms with Gasteiger partial charge in [0.25, 0.3) is 5.69 Å². The van der Waals surface area contributed by atoms with Gasteiger partial charge in [0.2, 0.25) is 0 Å². The summed E-state index contributed by atoms with van der Waals surface area (Å²) in [5.41, 5.74) is 0.781. The third kappa shape index (κ3) is 8.65. The summed E-state index contributed by atoms with van der Waals surface area (Å²) < 4.78 is 36.4. The fourth-order valence-corrected chi connectivity index (χ4v) is 3.30. The molecule has 0 atom stereocenters. The van der Waals surface area contributed by atoms with Crippen molar-refractivity contribution in [1.82, 2.24) is 10.6 Å². The molecular weight excluding hydrogens is 540 g/mol. The van der Waals surface area contributed by atoms with Gasteiger partial charge in [-0.1, -0.05) is 12.1 Å². The zero-order valence-corrected chi connectivity index (χ0v) is 20.2. The lowest BCUT2D eigenvalue weighted by Gasteiger charge is -2.13. The fraction of sp³-hybridized carbons (Fsp3) is 0.316. The molecule has 170 valence electrons. The Kier molecular flexibility index (Phi) is 10.6. The molecule has 3 N–H and O–H groups in total. The van der Waals surface area contributed by atoms with E-state index in [2.05, 4.69) is 20.9 Å². The average molecular weight is 565 g/mol. The average Bonchev–Trinajstić information content (AvgIpc) is 2.69. The topological polar surface area (TPSA) is 126 Å². The van der Waals surface area contributed by atoms with Crippen LogP contribution in [0.3, 0.4) is 0 Å². The molecule has 2 rings (SSSR count). The Morgan fingerprint density at radius 2 is 1.84 bits per heavy atom. The van der Waals surface area contributed by atoms with Crippen LogP contribution in [0.15, 0.2) is 52.4 Å². The summed E-state index contributed by atoms with van der Waals surface area (Å²) in [5.74, 6) is 0.259. The number of anilines is 1. The summed E-state index contributed by atoms with van der Waals surface area (Å²) in [4.78, 5) is 14.6. The van der Waals surface area contributed by atoms with Crippen molar-refractivity contribution >= 4 is 51.1 Å². The van der Waals surface area contributed by atoms with Gasteiger partial charge in [-0.3, -0.25) is 15.1 Å². The van der Waals surface area contributed by atoms with Crippen molar-refractivity contribution < 1.29 is 17.7 Å². The molecule has 12 heteroatoms. The second-order valence-electron chi connectivity index (χ2n) is 6.44. The predicted octanol–water partition coefficient (Wildman–Crippen LogP) is 2.58. The van der Waals surface area contributed by atoms with Crippen LogP contribution in [0.5, 0.6) is 0 Å². The SMILES string of the molecule is CN=C(NCCNc1ccc(S(C)(=O)=O)cc1[N+](=O)[O-])NCCc1cccc(F)c1.I. The van der Waals surface area contributed by atoms with E-state index in [-0.39, 0.29) is 46.1 Å². The molecule has 0 aliphatic heterocycles. The molecule has 0 saturated heterocycles. The van der Waals surface area contributed by atoms with Crippen LogP contribution in [0.25, 0.3) is 0 Å². The molecule has 0 saturated carbocycles. The first-order chi connectivity index (χ1) is 14.2. The van der Waals surface area contributed by atoms with E-state index < -0.39 is 14.8 Å². The number of rotatable bonds is 9. The molecule has 0 aromatic heterocycles. The van der Waals surface area contributed by atoms with Crippen molar-refractivity contribution in [2.24, 2.45) is 4.99 Å². The van der Waals surface area contributed by atoms with Gasteiger partial charge in [-0.25, -0.2) is 12.8 Å². The molecule has 0 aliphatic rings. The Morgan fingerprint density at radius 3 is 2.45 bits per heavy atom. The van der Waals surface area contributed by atoms with Crippen molar-refractivity contribution in [3.63, 3.8) is 0 Å². The second-order valence-corrected chi connectivity index (χ2v) is 8.46. The van der Waals surface area contributed by atoms with E-state index in [1.54, 1.807) is 13.1 Å². The van der Waals surface area contributed by atoms with Crippen LogP contribution in [0.4, 0.5) is 15.8 Å². The molecule has 0 amide bonds. The molecule has 0 heterocycles. The Labute approximate surface area is 197 Å². The molecular formula is C19H25FIN5O4S. The number of nitrogens with one attached hydrogen (secondary N) is 3. The lowest BCUT2D eigenvalue weighted by molar-refractivity contribution is -0.384. The molecule has 0 bridgehead atoms. The maximum atomic E-state index is 13.2. The molecule has 0 aliphatic carbocycles. The van der Waals surface area contributed by atoms with Gasteiger partial charge in [0, 0.05) is 39.0 Å². The van der Waals surface area contributed by atoms with Crippen molar-refractivity contribution in [3.05, 3.63) is 64.0 Å². The first-order valence-corrected chi connectivity index (χ1v) is 11.0. The van der Waals surface area contributed by atoms with Crippen molar-refractivity contribution in [2.75, 3.05) is 38.3 Å². The lowest BCUT2D eigenvalue weighted by atomic mass is 10.1. The number of nitro groups is 1. The normalized spacial score (nSPS) is 11.4. The van der Waals surface area contributed by atoms with Gasteiger partial charge in [-0.15, -0.1) is 24.0 Å². The third-order valence-corrected chi connectivity index (χ3v) is 5.26. The molecule has 2 aromatic carbocycles. The quantitative estimate of drug-likeness (QED) is 0.107. The van der Waals surface area contributed by atoms with E-state index >= 15 is 0 Å². The highest BCUT2D eigenvalue weighted by atomic mass is 127. The molecule has 0 spiro atoms. The number of nitro benzene ring substituents is 1. The van der Waals surface area contributed by atoms with E-state index in [4.69, 9.17) is 0 Å². The molecule has 0 radical (unpaired) electrons. The highest BCUT2D eigenvalue weighted by Gasteiger charge is 2.18. The zero-order valence-electron chi connectivity index (χ0n) is 17.1. The van der Waals surface area contributed by atoms with Crippen LogP contribution < -0.4 is 16.0 Å². The van der Waals surface area contributed by atoms with Crippen LogP contribution in [0, 0.1) is 15.9 Å². The van der Waals surface area contributed by atoms with Gasteiger partial charge in [-0.05, 0) is 36.2 Å². The fourth-order valence-electron chi connectivity index (χ4n) is 2.66. The number of aliphatic imine (C=N–C) groups is 1. The monoisotopic (exact) mass is 565 g/mol. The maximum absolute atomic E-state index is 13.2. The number of nitrogens with zero attached hydrogens (tertiary/aromatic N) is 2. The van der Waals surface area contributed by atoms with Gasteiger partial charge in [-0.2, -0.15) is 0 Å². The Balaban J connectivity index is 0.00000480. The van der Waals surface area contributed by atoms with Gasteiger partial charge < -0.3 is 16.0 Å².